The molecule has 0 aliphatic rings. The molecule has 1 amide bonds. The van der Waals surface area contributed by atoms with Crippen LogP contribution in [0.25, 0.3) is 0 Å². The quantitative estimate of drug-likeness (QED) is 0.731. The summed E-state index contributed by atoms with van der Waals surface area (Å²) in [6.07, 6.45) is 0.286. The Morgan fingerprint density at radius 1 is 1.17 bits per heavy atom. The van der Waals surface area contributed by atoms with Crippen molar-refractivity contribution in [2.24, 2.45) is 0 Å². The topological polar surface area (TPSA) is 61.4 Å². The number of amides is 1. The van der Waals surface area contributed by atoms with Crippen LogP contribution in [0.2, 0.25) is 0 Å². The molecule has 0 bridgehead atoms. The van der Waals surface area contributed by atoms with Gasteiger partial charge in [-0.15, -0.1) is 0 Å². The first kappa shape index (κ1) is 18.1. The molecule has 24 heavy (non-hydrogen) atoms. The normalized spacial score (nSPS) is 14.7. The summed E-state index contributed by atoms with van der Waals surface area (Å²) in [5, 5.41) is 16.5. The molecule has 2 unspecified atom stereocenters. The minimum Gasteiger partial charge on any atom is -0.384 e. The molecule has 0 fully saturated rings. The SMILES string of the molecule is CC(CC(=O)Nc1ccccc1)NCC(C)(O)c1ccc(F)cc1. The van der Waals surface area contributed by atoms with Gasteiger partial charge in [0.05, 0.1) is 5.60 Å². The van der Waals surface area contributed by atoms with Crippen LogP contribution in [0.4, 0.5) is 10.1 Å². The smallest absolute Gasteiger partial charge is 0.225 e. The molecular weight excluding hydrogens is 307 g/mol. The number of hydrogen-bond donors (Lipinski definition) is 3. The first-order valence-corrected chi connectivity index (χ1v) is 7.93. The lowest BCUT2D eigenvalue weighted by molar-refractivity contribution is -0.116. The summed E-state index contributed by atoms with van der Waals surface area (Å²) in [6.45, 7) is 3.80. The van der Waals surface area contributed by atoms with Crippen molar-refractivity contribution in [3.05, 3.63) is 66.0 Å². The third kappa shape index (κ3) is 5.44. The summed E-state index contributed by atoms with van der Waals surface area (Å²) in [7, 11) is 0. The van der Waals surface area contributed by atoms with Crippen LogP contribution < -0.4 is 10.6 Å². The van der Waals surface area contributed by atoms with Crippen molar-refractivity contribution >= 4 is 11.6 Å². The van der Waals surface area contributed by atoms with Gasteiger partial charge in [0.25, 0.3) is 0 Å². The Morgan fingerprint density at radius 2 is 1.79 bits per heavy atom. The van der Waals surface area contributed by atoms with Crippen LogP contribution >= 0.6 is 0 Å². The van der Waals surface area contributed by atoms with E-state index in [0.29, 0.717) is 5.56 Å². The van der Waals surface area contributed by atoms with E-state index in [0.717, 1.165) is 5.69 Å². The maximum absolute atomic E-state index is 13.0. The number of para-hydroxylation sites is 1. The summed E-state index contributed by atoms with van der Waals surface area (Å²) in [6, 6.07) is 14.9. The molecule has 128 valence electrons. The molecule has 0 radical (unpaired) electrons. The third-order valence-corrected chi connectivity index (χ3v) is 3.81. The van der Waals surface area contributed by atoms with Gasteiger partial charge in [-0.25, -0.2) is 4.39 Å². The van der Waals surface area contributed by atoms with E-state index in [2.05, 4.69) is 10.6 Å². The summed E-state index contributed by atoms with van der Waals surface area (Å²) in [5.74, 6) is -0.434. The molecular formula is C19H23FN2O2. The average molecular weight is 330 g/mol. The number of anilines is 1. The van der Waals surface area contributed by atoms with E-state index < -0.39 is 5.60 Å². The molecule has 2 atom stereocenters. The number of benzene rings is 2. The van der Waals surface area contributed by atoms with Crippen LogP contribution in [0.15, 0.2) is 54.6 Å². The second-order valence-electron chi connectivity index (χ2n) is 6.18. The van der Waals surface area contributed by atoms with E-state index in [4.69, 9.17) is 0 Å². The van der Waals surface area contributed by atoms with Crippen LogP contribution in [0.3, 0.4) is 0 Å². The number of nitrogens with one attached hydrogen (secondary N) is 2. The highest BCUT2D eigenvalue weighted by Gasteiger charge is 2.24. The molecule has 2 aromatic rings. The number of aliphatic hydroxyl groups is 1. The van der Waals surface area contributed by atoms with Crippen LogP contribution in [-0.2, 0) is 10.4 Å². The van der Waals surface area contributed by atoms with E-state index in [-0.39, 0.29) is 30.7 Å². The number of carbonyl (C=O) groups excluding carboxylic acids is 1. The number of halogens is 1. The molecule has 2 aromatic carbocycles. The third-order valence-electron chi connectivity index (χ3n) is 3.81. The van der Waals surface area contributed by atoms with Crippen molar-refractivity contribution in [3.63, 3.8) is 0 Å². The van der Waals surface area contributed by atoms with E-state index in [1.54, 1.807) is 19.1 Å². The zero-order valence-corrected chi connectivity index (χ0v) is 13.9. The van der Waals surface area contributed by atoms with Crippen molar-refractivity contribution in [2.45, 2.75) is 31.9 Å². The van der Waals surface area contributed by atoms with Crippen molar-refractivity contribution in [1.82, 2.24) is 5.32 Å². The summed E-state index contributed by atoms with van der Waals surface area (Å²) >= 11 is 0. The lowest BCUT2D eigenvalue weighted by atomic mass is 9.95. The maximum Gasteiger partial charge on any atom is 0.225 e. The number of carbonyl (C=O) groups is 1. The zero-order valence-electron chi connectivity index (χ0n) is 13.9. The van der Waals surface area contributed by atoms with Crippen molar-refractivity contribution in [1.29, 1.82) is 0 Å². The van der Waals surface area contributed by atoms with Gasteiger partial charge in [-0.3, -0.25) is 4.79 Å². The van der Waals surface area contributed by atoms with E-state index in [1.807, 2.05) is 37.3 Å². The van der Waals surface area contributed by atoms with E-state index in [9.17, 15) is 14.3 Å². The van der Waals surface area contributed by atoms with Gasteiger partial charge >= 0.3 is 0 Å². The van der Waals surface area contributed by atoms with Crippen LogP contribution in [0, 0.1) is 5.82 Å². The van der Waals surface area contributed by atoms with Gasteiger partial charge in [0.15, 0.2) is 0 Å². The van der Waals surface area contributed by atoms with Crippen molar-refractivity contribution in [2.75, 3.05) is 11.9 Å². The van der Waals surface area contributed by atoms with Crippen molar-refractivity contribution in [3.8, 4) is 0 Å². The van der Waals surface area contributed by atoms with Gasteiger partial charge in [0.2, 0.25) is 5.91 Å². The highest BCUT2D eigenvalue weighted by Crippen LogP contribution is 2.20. The second kappa shape index (κ2) is 8.04. The Morgan fingerprint density at radius 3 is 2.42 bits per heavy atom. The van der Waals surface area contributed by atoms with Crippen LogP contribution in [0.5, 0.6) is 0 Å². The fourth-order valence-electron chi connectivity index (χ4n) is 2.37. The second-order valence-corrected chi connectivity index (χ2v) is 6.18. The Hall–Kier alpha value is -2.24. The van der Waals surface area contributed by atoms with Gasteiger partial charge in [0.1, 0.15) is 5.82 Å². The summed E-state index contributed by atoms with van der Waals surface area (Å²) in [5.41, 5.74) is 0.239. The molecule has 3 N–H and O–H groups in total. The lowest BCUT2D eigenvalue weighted by Crippen LogP contribution is -2.41. The molecule has 2 rings (SSSR count). The Bertz CT molecular complexity index is 657. The molecule has 4 nitrogen and oxygen atoms in total. The summed E-state index contributed by atoms with van der Waals surface area (Å²) < 4.78 is 13.0. The fourth-order valence-corrected chi connectivity index (χ4v) is 2.37. The summed E-state index contributed by atoms with van der Waals surface area (Å²) in [4.78, 5) is 12.0. The first-order valence-electron chi connectivity index (χ1n) is 7.93. The fraction of sp³-hybridized carbons (Fsp3) is 0.316. The average Bonchev–Trinajstić information content (AvgIpc) is 2.54. The van der Waals surface area contributed by atoms with Gasteiger partial charge in [-0.2, -0.15) is 0 Å². The van der Waals surface area contributed by atoms with E-state index in [1.165, 1.54) is 12.1 Å². The zero-order chi connectivity index (χ0) is 17.6. The number of hydrogen-bond acceptors (Lipinski definition) is 3. The van der Waals surface area contributed by atoms with Gasteiger partial charge in [0, 0.05) is 24.7 Å². The van der Waals surface area contributed by atoms with Gasteiger partial charge < -0.3 is 15.7 Å². The Balaban J connectivity index is 1.82. The molecule has 0 saturated carbocycles. The molecule has 0 aromatic heterocycles. The van der Waals surface area contributed by atoms with Gasteiger partial charge in [-0.05, 0) is 43.7 Å². The number of rotatable bonds is 7. The predicted octanol–water partition coefficient (Wildman–Crippen LogP) is 3.04. The molecule has 0 aliphatic heterocycles. The van der Waals surface area contributed by atoms with Crippen LogP contribution in [0.1, 0.15) is 25.8 Å². The standard InChI is InChI=1S/C19H23FN2O2/c1-14(12-18(23)22-17-6-4-3-5-7-17)21-13-19(2,24)15-8-10-16(20)11-9-15/h3-11,14,21,24H,12-13H2,1-2H3,(H,22,23). The van der Waals surface area contributed by atoms with E-state index >= 15 is 0 Å². The highest BCUT2D eigenvalue weighted by molar-refractivity contribution is 5.90. The minimum atomic E-state index is -1.14. The maximum atomic E-state index is 13.0. The largest absolute Gasteiger partial charge is 0.384 e. The van der Waals surface area contributed by atoms with Gasteiger partial charge in [-0.1, -0.05) is 30.3 Å². The predicted molar refractivity (Wildman–Crippen MR) is 93.1 cm³/mol. The highest BCUT2D eigenvalue weighted by atomic mass is 19.1. The molecule has 0 saturated heterocycles. The lowest BCUT2D eigenvalue weighted by Gasteiger charge is -2.26. The molecule has 0 spiro atoms. The minimum absolute atomic E-state index is 0.0948. The van der Waals surface area contributed by atoms with Crippen molar-refractivity contribution < 1.29 is 14.3 Å². The molecule has 0 heterocycles. The first-order chi connectivity index (χ1) is 11.4. The Labute approximate surface area is 141 Å². The molecule has 5 heteroatoms. The molecule has 0 aliphatic carbocycles. The van der Waals surface area contributed by atoms with Crippen LogP contribution in [-0.4, -0.2) is 23.6 Å². The Kier molecular flexibility index (Phi) is 6.06. The monoisotopic (exact) mass is 330 g/mol.